The molecule has 2 N–H and O–H groups in total. The molecule has 0 radical (unpaired) electrons. The van der Waals surface area contributed by atoms with Crippen molar-refractivity contribution in [3.63, 3.8) is 0 Å². The summed E-state index contributed by atoms with van der Waals surface area (Å²) in [5, 5.41) is 9.92. The number of nitrogens with one attached hydrogen (secondary N) is 2. The molecular formula is C23H34N6O3. The topological polar surface area (TPSA) is 91.7 Å². The van der Waals surface area contributed by atoms with Crippen molar-refractivity contribution >= 4 is 17.6 Å². The van der Waals surface area contributed by atoms with E-state index in [-0.39, 0.29) is 17.4 Å². The average molecular weight is 443 g/mol. The summed E-state index contributed by atoms with van der Waals surface area (Å²) in [5.74, 6) is 0.285. The lowest BCUT2D eigenvalue weighted by molar-refractivity contribution is 0.0636. The van der Waals surface area contributed by atoms with E-state index in [1.807, 2.05) is 29.2 Å². The second-order valence-corrected chi connectivity index (χ2v) is 9.07. The summed E-state index contributed by atoms with van der Waals surface area (Å²) in [6, 6.07) is 7.71. The fourth-order valence-corrected chi connectivity index (χ4v) is 3.67. The number of benzene rings is 1. The largest absolute Gasteiger partial charge is 0.479 e. The Balaban J connectivity index is 1.38. The van der Waals surface area contributed by atoms with Gasteiger partial charge >= 0.3 is 6.03 Å². The van der Waals surface area contributed by atoms with Gasteiger partial charge in [-0.25, -0.2) is 4.79 Å². The zero-order chi connectivity index (χ0) is 23.3. The van der Waals surface area contributed by atoms with E-state index >= 15 is 0 Å². The number of carbonyl (C=O) groups is 2. The van der Waals surface area contributed by atoms with Gasteiger partial charge in [0.25, 0.3) is 5.91 Å². The van der Waals surface area contributed by atoms with Crippen molar-refractivity contribution in [2.24, 2.45) is 7.05 Å². The molecule has 3 amide bonds. The van der Waals surface area contributed by atoms with Gasteiger partial charge in [0.05, 0.1) is 7.11 Å². The third kappa shape index (κ3) is 6.00. The zero-order valence-electron chi connectivity index (χ0n) is 19.6. The fourth-order valence-electron chi connectivity index (χ4n) is 3.67. The smallest absolute Gasteiger partial charge is 0.319 e. The number of methoxy groups -OCH3 is 1. The van der Waals surface area contributed by atoms with Gasteiger partial charge in [0.2, 0.25) is 5.88 Å². The van der Waals surface area contributed by atoms with Crippen molar-refractivity contribution in [3.8, 4) is 5.88 Å². The van der Waals surface area contributed by atoms with Crippen LogP contribution in [0.4, 0.5) is 10.5 Å². The number of urea groups is 1. The molecule has 2 heterocycles. The quantitative estimate of drug-likeness (QED) is 0.716. The van der Waals surface area contributed by atoms with Gasteiger partial charge in [-0.1, -0.05) is 32.9 Å². The molecule has 32 heavy (non-hydrogen) atoms. The molecule has 9 heteroatoms. The van der Waals surface area contributed by atoms with Gasteiger partial charge in [0.1, 0.15) is 5.56 Å². The van der Waals surface area contributed by atoms with Crippen molar-refractivity contribution in [2.75, 3.05) is 51.7 Å². The standard InChI is InChI=1S/C23H34N6O3/c1-23(2,3)17-6-8-18(9-7-17)25-22(31)24-10-11-28-12-14-29(15-13-28)21(30)19-16-27(4)26-20(19)32-5/h6-9,16H,10-15H2,1-5H3,(H2,24,25,31). The molecule has 0 aliphatic carbocycles. The Morgan fingerprint density at radius 3 is 2.34 bits per heavy atom. The minimum absolute atomic E-state index is 0.0652. The third-order valence-corrected chi connectivity index (χ3v) is 5.60. The van der Waals surface area contributed by atoms with Gasteiger partial charge < -0.3 is 20.3 Å². The summed E-state index contributed by atoms with van der Waals surface area (Å²) in [6.07, 6.45) is 1.69. The number of carbonyl (C=O) groups excluding carboxylic acids is 2. The molecule has 2 aromatic rings. The molecule has 1 aromatic carbocycles. The summed E-state index contributed by atoms with van der Waals surface area (Å²) in [5.41, 5.74) is 2.56. The summed E-state index contributed by atoms with van der Waals surface area (Å²) < 4.78 is 6.78. The molecule has 9 nitrogen and oxygen atoms in total. The zero-order valence-corrected chi connectivity index (χ0v) is 19.6. The molecule has 1 aliphatic rings. The van der Waals surface area contributed by atoms with Gasteiger partial charge in [-0.2, -0.15) is 0 Å². The molecule has 1 saturated heterocycles. The minimum Gasteiger partial charge on any atom is -0.479 e. The van der Waals surface area contributed by atoms with E-state index in [4.69, 9.17) is 4.74 Å². The highest BCUT2D eigenvalue weighted by atomic mass is 16.5. The SMILES string of the molecule is COc1nn(C)cc1C(=O)N1CCN(CCNC(=O)Nc2ccc(C(C)(C)C)cc2)CC1. The molecule has 0 saturated carbocycles. The maximum absolute atomic E-state index is 12.8. The number of aromatic nitrogens is 2. The molecule has 3 rings (SSSR count). The first-order chi connectivity index (χ1) is 15.2. The van der Waals surface area contributed by atoms with Gasteiger partial charge in [0, 0.05) is 58.2 Å². The van der Waals surface area contributed by atoms with Crippen molar-refractivity contribution < 1.29 is 14.3 Å². The van der Waals surface area contributed by atoms with E-state index in [0.29, 0.717) is 31.1 Å². The van der Waals surface area contributed by atoms with Crippen molar-refractivity contribution in [1.82, 2.24) is 24.9 Å². The second-order valence-electron chi connectivity index (χ2n) is 9.07. The fraction of sp³-hybridized carbons (Fsp3) is 0.522. The van der Waals surface area contributed by atoms with Crippen LogP contribution < -0.4 is 15.4 Å². The first kappa shape index (κ1) is 23.6. The number of rotatable bonds is 6. The van der Waals surface area contributed by atoms with E-state index < -0.39 is 0 Å². The first-order valence-electron chi connectivity index (χ1n) is 10.9. The van der Waals surface area contributed by atoms with E-state index in [2.05, 4.69) is 41.4 Å². The van der Waals surface area contributed by atoms with E-state index in [1.54, 1.807) is 17.9 Å². The van der Waals surface area contributed by atoms with Gasteiger partial charge in [-0.3, -0.25) is 14.4 Å². The Hall–Kier alpha value is -3.07. The Bertz CT molecular complexity index is 924. The van der Waals surface area contributed by atoms with Crippen LogP contribution in [0.15, 0.2) is 30.5 Å². The van der Waals surface area contributed by atoms with Crippen LogP contribution in [-0.4, -0.2) is 77.9 Å². The predicted octanol–water partition coefficient (Wildman–Crippen LogP) is 2.31. The number of piperazine rings is 1. The monoisotopic (exact) mass is 442 g/mol. The number of anilines is 1. The third-order valence-electron chi connectivity index (χ3n) is 5.60. The molecule has 0 atom stereocenters. The van der Waals surface area contributed by atoms with Crippen LogP contribution in [0.25, 0.3) is 0 Å². The van der Waals surface area contributed by atoms with Gasteiger partial charge in [-0.05, 0) is 23.1 Å². The summed E-state index contributed by atoms with van der Waals surface area (Å²) in [4.78, 5) is 29.0. The number of amides is 3. The van der Waals surface area contributed by atoms with E-state index in [0.717, 1.165) is 25.3 Å². The Morgan fingerprint density at radius 1 is 1.09 bits per heavy atom. The van der Waals surface area contributed by atoms with Crippen molar-refractivity contribution in [1.29, 1.82) is 0 Å². The number of nitrogens with zero attached hydrogens (tertiary/aromatic N) is 4. The predicted molar refractivity (Wildman–Crippen MR) is 124 cm³/mol. The number of ether oxygens (including phenoxy) is 1. The molecule has 0 bridgehead atoms. The normalized spacial score (nSPS) is 14.8. The highest BCUT2D eigenvalue weighted by Gasteiger charge is 2.26. The average Bonchev–Trinajstić information content (AvgIpc) is 3.14. The Kier molecular flexibility index (Phi) is 7.40. The van der Waals surface area contributed by atoms with E-state index in [1.165, 1.54) is 12.7 Å². The van der Waals surface area contributed by atoms with Crippen LogP contribution in [0.5, 0.6) is 5.88 Å². The van der Waals surface area contributed by atoms with Crippen LogP contribution in [0.3, 0.4) is 0 Å². The molecule has 174 valence electrons. The van der Waals surface area contributed by atoms with Crippen LogP contribution in [0.1, 0.15) is 36.7 Å². The van der Waals surface area contributed by atoms with Crippen molar-refractivity contribution in [3.05, 3.63) is 41.6 Å². The number of hydrogen-bond acceptors (Lipinski definition) is 5. The Morgan fingerprint density at radius 2 is 1.75 bits per heavy atom. The summed E-state index contributed by atoms with van der Waals surface area (Å²) >= 11 is 0. The molecular weight excluding hydrogens is 408 g/mol. The molecule has 1 aromatic heterocycles. The lowest BCUT2D eigenvalue weighted by Gasteiger charge is -2.34. The van der Waals surface area contributed by atoms with Crippen LogP contribution >= 0.6 is 0 Å². The highest BCUT2D eigenvalue weighted by molar-refractivity contribution is 5.96. The lowest BCUT2D eigenvalue weighted by Crippen LogP contribution is -2.50. The van der Waals surface area contributed by atoms with Crippen LogP contribution in [-0.2, 0) is 12.5 Å². The lowest BCUT2D eigenvalue weighted by atomic mass is 9.87. The maximum Gasteiger partial charge on any atom is 0.319 e. The first-order valence-corrected chi connectivity index (χ1v) is 10.9. The highest BCUT2D eigenvalue weighted by Crippen LogP contribution is 2.23. The molecule has 1 aliphatic heterocycles. The maximum atomic E-state index is 12.8. The number of aryl methyl sites for hydroxylation is 1. The van der Waals surface area contributed by atoms with Gasteiger partial charge in [0.15, 0.2) is 0 Å². The minimum atomic E-state index is -0.217. The molecule has 0 spiro atoms. The Labute approximate surface area is 189 Å². The molecule has 1 fully saturated rings. The van der Waals surface area contributed by atoms with Crippen LogP contribution in [0.2, 0.25) is 0 Å². The number of hydrogen-bond donors (Lipinski definition) is 2. The second kappa shape index (κ2) is 10.0. The molecule has 0 unspecified atom stereocenters. The van der Waals surface area contributed by atoms with E-state index in [9.17, 15) is 9.59 Å². The summed E-state index contributed by atoms with van der Waals surface area (Å²) in [7, 11) is 3.28. The van der Waals surface area contributed by atoms with Crippen molar-refractivity contribution in [2.45, 2.75) is 26.2 Å². The van der Waals surface area contributed by atoms with Crippen LogP contribution in [0, 0.1) is 0 Å². The summed E-state index contributed by atoms with van der Waals surface area (Å²) in [6.45, 7) is 10.5. The van der Waals surface area contributed by atoms with Gasteiger partial charge in [-0.15, -0.1) is 5.10 Å².